The molecular formula is C18H21FN2O4S. The molecule has 0 saturated heterocycles. The molecule has 0 saturated carbocycles. The van der Waals surface area contributed by atoms with Gasteiger partial charge in [-0.25, -0.2) is 17.5 Å². The van der Waals surface area contributed by atoms with Crippen molar-refractivity contribution < 1.29 is 22.3 Å². The fourth-order valence-electron chi connectivity index (χ4n) is 2.51. The molecule has 140 valence electrons. The first-order valence-electron chi connectivity index (χ1n) is 7.93. The van der Waals surface area contributed by atoms with Crippen molar-refractivity contribution in [2.75, 3.05) is 25.1 Å². The van der Waals surface area contributed by atoms with E-state index in [-0.39, 0.29) is 29.6 Å². The minimum absolute atomic E-state index is 0.00460. The number of hydrogen-bond donors (Lipinski definition) is 1. The molecule has 0 aliphatic carbocycles. The summed E-state index contributed by atoms with van der Waals surface area (Å²) in [6.45, 7) is 2.99. The van der Waals surface area contributed by atoms with Crippen LogP contribution in [0.5, 0.6) is 5.75 Å². The van der Waals surface area contributed by atoms with Gasteiger partial charge in [-0.05, 0) is 42.8 Å². The number of nitrogens with zero attached hydrogens (tertiary/aromatic N) is 1. The van der Waals surface area contributed by atoms with Crippen molar-refractivity contribution in [3.8, 4) is 5.75 Å². The number of aryl methyl sites for hydroxylation is 1. The van der Waals surface area contributed by atoms with Crippen LogP contribution in [0.2, 0.25) is 0 Å². The lowest BCUT2D eigenvalue weighted by Gasteiger charge is -2.22. The summed E-state index contributed by atoms with van der Waals surface area (Å²) in [7, 11) is -2.25. The normalized spacial score (nSPS) is 11.2. The summed E-state index contributed by atoms with van der Waals surface area (Å²) < 4.78 is 46.3. The molecule has 0 aliphatic rings. The monoisotopic (exact) mass is 380 g/mol. The van der Waals surface area contributed by atoms with E-state index < -0.39 is 15.8 Å². The quantitative estimate of drug-likeness (QED) is 0.801. The van der Waals surface area contributed by atoms with E-state index in [4.69, 9.17) is 4.74 Å². The molecule has 2 rings (SSSR count). The summed E-state index contributed by atoms with van der Waals surface area (Å²) >= 11 is 0. The van der Waals surface area contributed by atoms with Crippen molar-refractivity contribution in [3.05, 3.63) is 53.8 Å². The Kier molecular flexibility index (Phi) is 6.33. The molecule has 1 N–H and O–H groups in total. The Balaban J connectivity index is 2.10. The minimum Gasteiger partial charge on any atom is -0.496 e. The second-order valence-corrected chi connectivity index (χ2v) is 7.42. The molecule has 0 unspecified atom stereocenters. The number of carbonyl (C=O) groups excluding carboxylic acids is 1. The number of anilines is 1. The molecule has 0 atom stereocenters. The Morgan fingerprint density at radius 2 is 1.92 bits per heavy atom. The van der Waals surface area contributed by atoms with Crippen molar-refractivity contribution in [1.29, 1.82) is 0 Å². The molecule has 0 bridgehead atoms. The van der Waals surface area contributed by atoms with Crippen molar-refractivity contribution in [3.63, 3.8) is 0 Å². The number of hydrogen-bond acceptors (Lipinski definition) is 4. The fraction of sp³-hybridized carbons (Fsp3) is 0.278. The number of amides is 1. The standard InChI is InChI=1S/C18H21FN2O4S/c1-13-12-15(8-9-18(13)25-3)26(23,24)20-10-11-21(14(2)22)17-7-5-4-6-16(17)19/h4-9,12,20H,10-11H2,1-3H3. The van der Waals surface area contributed by atoms with E-state index in [1.807, 2.05) is 0 Å². The number of halogens is 1. The van der Waals surface area contributed by atoms with Crippen LogP contribution in [-0.2, 0) is 14.8 Å². The molecule has 0 spiro atoms. The number of ether oxygens (including phenoxy) is 1. The van der Waals surface area contributed by atoms with E-state index >= 15 is 0 Å². The average molecular weight is 380 g/mol. The maximum Gasteiger partial charge on any atom is 0.240 e. The van der Waals surface area contributed by atoms with Crippen LogP contribution in [0.15, 0.2) is 47.4 Å². The van der Waals surface area contributed by atoms with Crippen LogP contribution >= 0.6 is 0 Å². The lowest BCUT2D eigenvalue weighted by Crippen LogP contribution is -2.38. The zero-order valence-electron chi connectivity index (χ0n) is 14.8. The molecule has 0 aliphatic heterocycles. The number of rotatable bonds is 7. The number of para-hydroxylation sites is 1. The van der Waals surface area contributed by atoms with Gasteiger partial charge in [0.15, 0.2) is 0 Å². The number of nitrogens with one attached hydrogen (secondary N) is 1. The minimum atomic E-state index is -3.76. The third-order valence-corrected chi connectivity index (χ3v) is 5.29. The van der Waals surface area contributed by atoms with Gasteiger partial charge in [0.1, 0.15) is 11.6 Å². The van der Waals surface area contributed by atoms with E-state index in [9.17, 15) is 17.6 Å². The van der Waals surface area contributed by atoms with Gasteiger partial charge in [0.05, 0.1) is 17.7 Å². The predicted molar refractivity (Wildman–Crippen MR) is 97.3 cm³/mol. The Morgan fingerprint density at radius 3 is 2.50 bits per heavy atom. The van der Waals surface area contributed by atoms with Crippen LogP contribution in [0.25, 0.3) is 0 Å². The van der Waals surface area contributed by atoms with Gasteiger partial charge in [-0.3, -0.25) is 4.79 Å². The first-order valence-corrected chi connectivity index (χ1v) is 9.41. The van der Waals surface area contributed by atoms with E-state index in [0.717, 1.165) is 0 Å². The van der Waals surface area contributed by atoms with Crippen LogP contribution in [-0.4, -0.2) is 34.5 Å². The third kappa shape index (κ3) is 4.59. The molecule has 8 heteroatoms. The van der Waals surface area contributed by atoms with Gasteiger partial charge >= 0.3 is 0 Å². The molecule has 0 fully saturated rings. The summed E-state index contributed by atoms with van der Waals surface area (Å²) in [5, 5.41) is 0. The second-order valence-electron chi connectivity index (χ2n) is 5.65. The second kappa shape index (κ2) is 8.29. The molecule has 0 heterocycles. The molecule has 2 aromatic rings. The number of benzene rings is 2. The molecule has 6 nitrogen and oxygen atoms in total. The first-order chi connectivity index (χ1) is 12.3. The van der Waals surface area contributed by atoms with Crippen LogP contribution < -0.4 is 14.4 Å². The summed E-state index contributed by atoms with van der Waals surface area (Å²) in [6.07, 6.45) is 0. The Hall–Kier alpha value is -2.45. The lowest BCUT2D eigenvalue weighted by molar-refractivity contribution is -0.116. The predicted octanol–water partition coefficient (Wildman–Crippen LogP) is 2.47. The third-order valence-electron chi connectivity index (χ3n) is 3.83. The van der Waals surface area contributed by atoms with Gasteiger partial charge in [-0.15, -0.1) is 0 Å². The zero-order chi connectivity index (χ0) is 19.3. The molecule has 2 aromatic carbocycles. The van der Waals surface area contributed by atoms with Gasteiger partial charge in [0.25, 0.3) is 0 Å². The van der Waals surface area contributed by atoms with Gasteiger partial charge < -0.3 is 9.64 Å². The highest BCUT2D eigenvalue weighted by Gasteiger charge is 2.18. The van der Waals surface area contributed by atoms with Crippen molar-refractivity contribution in [2.24, 2.45) is 0 Å². The highest BCUT2D eigenvalue weighted by atomic mass is 32.2. The van der Waals surface area contributed by atoms with E-state index in [2.05, 4.69) is 4.72 Å². The van der Waals surface area contributed by atoms with Crippen LogP contribution in [0.3, 0.4) is 0 Å². The van der Waals surface area contributed by atoms with E-state index in [0.29, 0.717) is 11.3 Å². The summed E-state index contributed by atoms with van der Waals surface area (Å²) in [5.74, 6) is -0.336. The average Bonchev–Trinajstić information content (AvgIpc) is 2.59. The van der Waals surface area contributed by atoms with E-state index in [1.54, 1.807) is 19.1 Å². The fourth-order valence-corrected chi connectivity index (χ4v) is 3.62. The first kappa shape index (κ1) is 19.9. The SMILES string of the molecule is COc1ccc(S(=O)(=O)NCCN(C(C)=O)c2ccccc2F)cc1C. The van der Waals surface area contributed by atoms with Crippen molar-refractivity contribution in [1.82, 2.24) is 4.72 Å². The van der Waals surface area contributed by atoms with Crippen LogP contribution in [0, 0.1) is 12.7 Å². The molecule has 26 heavy (non-hydrogen) atoms. The Labute approximate surface area is 152 Å². The molecule has 0 aromatic heterocycles. The maximum absolute atomic E-state index is 13.9. The van der Waals surface area contributed by atoms with Gasteiger partial charge in [0.2, 0.25) is 15.9 Å². The van der Waals surface area contributed by atoms with Gasteiger partial charge in [0, 0.05) is 20.0 Å². The van der Waals surface area contributed by atoms with Crippen molar-refractivity contribution in [2.45, 2.75) is 18.7 Å². The number of methoxy groups -OCH3 is 1. The molecule has 1 amide bonds. The highest BCUT2D eigenvalue weighted by Crippen LogP contribution is 2.21. The molecule has 0 radical (unpaired) electrons. The summed E-state index contributed by atoms with van der Waals surface area (Å²) in [6, 6.07) is 10.4. The Bertz CT molecular complexity index is 900. The summed E-state index contributed by atoms with van der Waals surface area (Å²) in [5.41, 5.74) is 0.798. The highest BCUT2D eigenvalue weighted by molar-refractivity contribution is 7.89. The van der Waals surface area contributed by atoms with E-state index in [1.165, 1.54) is 49.3 Å². The van der Waals surface area contributed by atoms with Crippen LogP contribution in [0.4, 0.5) is 10.1 Å². The smallest absolute Gasteiger partial charge is 0.240 e. The summed E-state index contributed by atoms with van der Waals surface area (Å²) in [4.78, 5) is 13.1. The Morgan fingerprint density at radius 1 is 1.23 bits per heavy atom. The maximum atomic E-state index is 13.9. The zero-order valence-corrected chi connectivity index (χ0v) is 15.6. The van der Waals surface area contributed by atoms with Crippen molar-refractivity contribution >= 4 is 21.6 Å². The lowest BCUT2D eigenvalue weighted by atomic mass is 10.2. The molecular weight excluding hydrogens is 359 g/mol. The number of carbonyl (C=O) groups is 1. The van der Waals surface area contributed by atoms with Gasteiger partial charge in [-0.2, -0.15) is 0 Å². The number of sulfonamides is 1. The topological polar surface area (TPSA) is 75.7 Å². The largest absolute Gasteiger partial charge is 0.496 e. The van der Waals surface area contributed by atoms with Gasteiger partial charge in [-0.1, -0.05) is 12.1 Å². The van der Waals surface area contributed by atoms with Crippen LogP contribution in [0.1, 0.15) is 12.5 Å².